The Bertz CT molecular complexity index is 771. The van der Waals surface area contributed by atoms with Crippen molar-refractivity contribution in [3.05, 3.63) is 39.6 Å². The summed E-state index contributed by atoms with van der Waals surface area (Å²) in [6, 6.07) is 5.44. The SMILES string of the molecule is COc1cc(C(C)NC(=O)c2n[nH]c(C(C)C)c2Br)ccc1OC(C)C. The zero-order chi connectivity index (χ0) is 19.4. The highest BCUT2D eigenvalue weighted by Crippen LogP contribution is 2.31. The third kappa shape index (κ3) is 4.58. The number of aromatic amines is 1. The van der Waals surface area contributed by atoms with Gasteiger partial charge in [0.1, 0.15) is 0 Å². The summed E-state index contributed by atoms with van der Waals surface area (Å²) in [7, 11) is 1.60. The molecule has 2 aromatic rings. The van der Waals surface area contributed by atoms with Gasteiger partial charge >= 0.3 is 0 Å². The number of aromatic nitrogens is 2. The van der Waals surface area contributed by atoms with E-state index in [1.165, 1.54) is 0 Å². The van der Waals surface area contributed by atoms with Gasteiger partial charge in [0.25, 0.3) is 5.91 Å². The number of amides is 1. The van der Waals surface area contributed by atoms with E-state index in [0.29, 0.717) is 21.7 Å². The van der Waals surface area contributed by atoms with Gasteiger partial charge in [-0.2, -0.15) is 5.10 Å². The molecule has 1 amide bonds. The number of H-pyrrole nitrogens is 1. The molecular weight excluding hydrogens is 398 g/mol. The Morgan fingerprint density at radius 1 is 1.19 bits per heavy atom. The molecule has 1 unspecified atom stereocenters. The summed E-state index contributed by atoms with van der Waals surface area (Å²) in [4.78, 5) is 12.6. The van der Waals surface area contributed by atoms with Gasteiger partial charge in [-0.25, -0.2) is 0 Å². The van der Waals surface area contributed by atoms with Crippen LogP contribution in [-0.2, 0) is 0 Å². The van der Waals surface area contributed by atoms with Crippen molar-refractivity contribution in [2.75, 3.05) is 7.11 Å². The Balaban J connectivity index is 2.16. The van der Waals surface area contributed by atoms with Crippen molar-refractivity contribution in [1.82, 2.24) is 15.5 Å². The quantitative estimate of drug-likeness (QED) is 0.682. The second-order valence-corrected chi connectivity index (χ2v) is 7.52. The Morgan fingerprint density at radius 2 is 1.88 bits per heavy atom. The van der Waals surface area contributed by atoms with E-state index in [1.54, 1.807) is 7.11 Å². The predicted octanol–water partition coefficient (Wildman–Crippen LogP) is 4.58. The highest BCUT2D eigenvalue weighted by molar-refractivity contribution is 9.10. The van der Waals surface area contributed by atoms with Crippen LogP contribution < -0.4 is 14.8 Å². The van der Waals surface area contributed by atoms with Crippen LogP contribution in [0.1, 0.15) is 68.3 Å². The summed E-state index contributed by atoms with van der Waals surface area (Å²) >= 11 is 3.46. The first-order valence-corrected chi connectivity index (χ1v) is 9.43. The zero-order valence-corrected chi connectivity index (χ0v) is 17.6. The molecule has 1 heterocycles. The first-order valence-electron chi connectivity index (χ1n) is 8.63. The number of carbonyl (C=O) groups excluding carboxylic acids is 1. The van der Waals surface area contributed by atoms with Gasteiger partial charge in [0.2, 0.25) is 0 Å². The largest absolute Gasteiger partial charge is 0.493 e. The fourth-order valence-electron chi connectivity index (χ4n) is 2.53. The summed E-state index contributed by atoms with van der Waals surface area (Å²) in [5.41, 5.74) is 2.17. The molecule has 0 radical (unpaired) electrons. The lowest BCUT2D eigenvalue weighted by molar-refractivity contribution is 0.0934. The lowest BCUT2D eigenvalue weighted by Crippen LogP contribution is -2.27. The van der Waals surface area contributed by atoms with E-state index in [9.17, 15) is 4.79 Å². The van der Waals surface area contributed by atoms with Crippen molar-refractivity contribution in [2.24, 2.45) is 0 Å². The highest BCUT2D eigenvalue weighted by Gasteiger charge is 2.21. The summed E-state index contributed by atoms with van der Waals surface area (Å²) in [5.74, 6) is 1.32. The third-order valence-corrected chi connectivity index (χ3v) is 4.73. The summed E-state index contributed by atoms with van der Waals surface area (Å²) in [5, 5.41) is 10.0. The molecule has 1 aromatic carbocycles. The van der Waals surface area contributed by atoms with Gasteiger partial charge < -0.3 is 14.8 Å². The average molecular weight is 424 g/mol. The van der Waals surface area contributed by atoms with E-state index in [4.69, 9.17) is 9.47 Å². The number of benzene rings is 1. The number of ether oxygens (including phenoxy) is 2. The van der Waals surface area contributed by atoms with Crippen LogP contribution in [0.3, 0.4) is 0 Å². The summed E-state index contributed by atoms with van der Waals surface area (Å²) in [6.07, 6.45) is 0.0547. The van der Waals surface area contributed by atoms with Gasteiger partial charge in [0.15, 0.2) is 17.2 Å². The van der Waals surface area contributed by atoms with Crippen molar-refractivity contribution < 1.29 is 14.3 Å². The minimum absolute atomic E-state index is 0.0547. The molecule has 2 rings (SSSR count). The molecule has 26 heavy (non-hydrogen) atoms. The summed E-state index contributed by atoms with van der Waals surface area (Å²) in [6.45, 7) is 9.91. The molecule has 0 aliphatic heterocycles. The Morgan fingerprint density at radius 3 is 2.42 bits per heavy atom. The van der Waals surface area contributed by atoms with E-state index < -0.39 is 0 Å². The lowest BCUT2D eigenvalue weighted by atomic mass is 10.1. The molecule has 0 aliphatic rings. The van der Waals surface area contributed by atoms with Crippen molar-refractivity contribution in [2.45, 2.75) is 52.7 Å². The molecule has 0 fully saturated rings. The maximum atomic E-state index is 12.6. The third-order valence-electron chi connectivity index (χ3n) is 3.92. The van der Waals surface area contributed by atoms with E-state index in [2.05, 4.69) is 31.4 Å². The van der Waals surface area contributed by atoms with Crippen LogP contribution in [0.4, 0.5) is 0 Å². The van der Waals surface area contributed by atoms with Gasteiger partial charge in [-0.05, 0) is 60.3 Å². The smallest absolute Gasteiger partial charge is 0.273 e. The maximum absolute atomic E-state index is 12.6. The standard InChI is InChI=1S/C19H26BrN3O3/c1-10(2)17-16(20)18(23-22-17)19(24)21-12(5)13-7-8-14(26-11(3)4)15(9-13)25-6/h7-12H,1-6H3,(H,21,24)(H,22,23). The van der Waals surface area contributed by atoms with E-state index >= 15 is 0 Å². The van der Waals surface area contributed by atoms with E-state index in [0.717, 1.165) is 11.3 Å². The number of halogens is 1. The number of nitrogens with one attached hydrogen (secondary N) is 2. The number of carbonyl (C=O) groups is 1. The van der Waals surface area contributed by atoms with Crippen LogP contribution in [0, 0.1) is 0 Å². The second kappa shape index (κ2) is 8.58. The second-order valence-electron chi connectivity index (χ2n) is 6.73. The van der Waals surface area contributed by atoms with Crippen LogP contribution in [0.15, 0.2) is 22.7 Å². The van der Waals surface area contributed by atoms with E-state index in [1.807, 2.05) is 52.8 Å². The molecule has 0 saturated heterocycles. The van der Waals surface area contributed by atoms with Gasteiger partial charge in [0, 0.05) is 0 Å². The van der Waals surface area contributed by atoms with Gasteiger partial charge in [-0.3, -0.25) is 9.89 Å². The molecular formula is C19H26BrN3O3. The number of hydrogen-bond acceptors (Lipinski definition) is 4. The molecule has 6 nitrogen and oxygen atoms in total. The molecule has 1 aromatic heterocycles. The highest BCUT2D eigenvalue weighted by atomic mass is 79.9. The maximum Gasteiger partial charge on any atom is 0.273 e. The van der Waals surface area contributed by atoms with Gasteiger partial charge in [0.05, 0.1) is 29.4 Å². The molecule has 2 N–H and O–H groups in total. The van der Waals surface area contributed by atoms with Crippen LogP contribution in [0.5, 0.6) is 11.5 Å². The molecule has 142 valence electrons. The number of nitrogens with zero attached hydrogens (tertiary/aromatic N) is 1. The monoisotopic (exact) mass is 423 g/mol. The molecule has 0 aliphatic carbocycles. The minimum Gasteiger partial charge on any atom is -0.493 e. The van der Waals surface area contributed by atoms with Crippen molar-refractivity contribution in [3.8, 4) is 11.5 Å². The van der Waals surface area contributed by atoms with Gasteiger partial charge in [-0.1, -0.05) is 19.9 Å². The fraction of sp³-hybridized carbons (Fsp3) is 0.474. The lowest BCUT2D eigenvalue weighted by Gasteiger charge is -2.18. The molecule has 0 bridgehead atoms. The first-order chi connectivity index (χ1) is 12.2. The zero-order valence-electron chi connectivity index (χ0n) is 16.0. The van der Waals surface area contributed by atoms with E-state index in [-0.39, 0.29) is 24.0 Å². The molecule has 1 atom stereocenters. The first kappa shape index (κ1) is 20.3. The molecule has 0 saturated carbocycles. The Kier molecular flexibility index (Phi) is 6.69. The molecule has 0 spiro atoms. The fourth-order valence-corrected chi connectivity index (χ4v) is 3.34. The van der Waals surface area contributed by atoms with Gasteiger partial charge in [-0.15, -0.1) is 0 Å². The number of rotatable bonds is 7. The van der Waals surface area contributed by atoms with Crippen molar-refractivity contribution in [3.63, 3.8) is 0 Å². The van der Waals surface area contributed by atoms with Crippen molar-refractivity contribution >= 4 is 21.8 Å². The number of hydrogen-bond donors (Lipinski definition) is 2. The predicted molar refractivity (Wildman–Crippen MR) is 105 cm³/mol. The van der Waals surface area contributed by atoms with Crippen LogP contribution >= 0.6 is 15.9 Å². The Hall–Kier alpha value is -2.02. The summed E-state index contributed by atoms with van der Waals surface area (Å²) < 4.78 is 11.8. The molecule has 7 heteroatoms. The Labute approximate surface area is 162 Å². The van der Waals surface area contributed by atoms with Crippen LogP contribution in [-0.4, -0.2) is 29.3 Å². The van der Waals surface area contributed by atoms with Crippen molar-refractivity contribution in [1.29, 1.82) is 0 Å². The van der Waals surface area contributed by atoms with Crippen LogP contribution in [0.25, 0.3) is 0 Å². The average Bonchev–Trinajstić information content (AvgIpc) is 2.96. The topological polar surface area (TPSA) is 76.2 Å². The normalized spacial score (nSPS) is 12.3. The van der Waals surface area contributed by atoms with Crippen LogP contribution in [0.2, 0.25) is 0 Å². The number of methoxy groups -OCH3 is 1. The minimum atomic E-state index is -0.242.